The third-order valence-electron chi connectivity index (χ3n) is 10.6. The Labute approximate surface area is 372 Å². The van der Waals surface area contributed by atoms with Crippen molar-refractivity contribution in [1.29, 1.82) is 0 Å². The lowest BCUT2D eigenvalue weighted by Crippen LogP contribution is -2.44. The fourth-order valence-electron chi connectivity index (χ4n) is 7.40. The van der Waals surface area contributed by atoms with Gasteiger partial charge < -0.3 is 29.9 Å². The maximum Gasteiger partial charge on any atom is 0.425 e. The molecule has 0 radical (unpaired) electrons. The van der Waals surface area contributed by atoms with Gasteiger partial charge in [0.1, 0.15) is 23.1 Å². The third-order valence-corrected chi connectivity index (χ3v) is 12.9. The van der Waals surface area contributed by atoms with E-state index in [9.17, 15) is 27.6 Å². The van der Waals surface area contributed by atoms with Gasteiger partial charge in [-0.2, -0.15) is 4.90 Å². The molecule has 1 saturated carbocycles. The van der Waals surface area contributed by atoms with Gasteiger partial charge in [0.25, 0.3) is 0 Å². The van der Waals surface area contributed by atoms with Gasteiger partial charge in [-0.15, -0.1) is 0 Å². The largest absolute Gasteiger partial charge is 0.443 e. The van der Waals surface area contributed by atoms with E-state index in [1.54, 1.807) is 77.8 Å². The first-order chi connectivity index (χ1) is 30.2. The summed E-state index contributed by atoms with van der Waals surface area (Å²) in [5.74, 6) is -1.42. The fourth-order valence-corrected chi connectivity index (χ4v) is 9.26. The number of pyridine rings is 1. The summed E-state index contributed by atoms with van der Waals surface area (Å²) >= 11 is 0. The molecule has 5 aromatic rings. The minimum absolute atomic E-state index is 0.0266. The lowest BCUT2D eigenvalue weighted by molar-refractivity contribution is -0.131. The maximum atomic E-state index is 15.8. The molecule has 1 aromatic heterocycles. The fraction of sp³-hybridized carbons (Fsp3) is 0.354. The molecule has 16 heteroatoms. The standard InChI is InChI=1S/C48H53FN6O8S/c1-47(2,3)62-45(58)55(46(59)63-48(4,5)6)42-37-20-16-35(26-38(37)39(49)27-50-42)51-41-32-15-11-14-30(24-32)22-23-54(28-31-12-9-8-10-13-31)44(57)52-34-17-21-40(64(60,61)36-18-19-36)33(25-34)29-53(7)43(41)56/h8-17,20-21,24-27,36,41,51H,18-19,22-23,28-29H2,1-7H3,(H,52,57). The minimum Gasteiger partial charge on any atom is -0.443 e. The van der Waals surface area contributed by atoms with Crippen molar-refractivity contribution in [3.8, 4) is 0 Å². The smallest absolute Gasteiger partial charge is 0.425 e. The zero-order valence-corrected chi connectivity index (χ0v) is 37.8. The number of rotatable bonds is 7. The minimum atomic E-state index is -3.73. The van der Waals surface area contributed by atoms with Crippen LogP contribution in [0.2, 0.25) is 0 Å². The van der Waals surface area contributed by atoms with E-state index in [2.05, 4.69) is 15.6 Å². The number of likely N-dealkylation sites (N-methyl/N-ethyl adjacent to an activating group) is 1. The van der Waals surface area contributed by atoms with Crippen molar-refractivity contribution < 1.29 is 41.5 Å². The van der Waals surface area contributed by atoms with Crippen molar-refractivity contribution >= 4 is 61.9 Å². The van der Waals surface area contributed by atoms with E-state index >= 15 is 4.39 Å². The molecule has 1 aliphatic heterocycles. The number of hydrogen-bond donors (Lipinski definition) is 2. The van der Waals surface area contributed by atoms with Gasteiger partial charge >= 0.3 is 18.2 Å². The van der Waals surface area contributed by atoms with Crippen LogP contribution in [-0.2, 0) is 43.6 Å². The Bertz CT molecular complexity index is 2690. The molecule has 1 fully saturated rings. The molecule has 336 valence electrons. The van der Waals surface area contributed by atoms with Crippen LogP contribution in [0.1, 0.15) is 82.7 Å². The molecule has 1 unspecified atom stereocenters. The van der Waals surface area contributed by atoms with Gasteiger partial charge in [0.05, 0.1) is 16.3 Å². The number of sulfone groups is 1. The van der Waals surface area contributed by atoms with Crippen LogP contribution >= 0.6 is 0 Å². The van der Waals surface area contributed by atoms with Gasteiger partial charge in [-0.3, -0.25) is 4.79 Å². The first kappa shape index (κ1) is 45.5. The zero-order valence-electron chi connectivity index (χ0n) is 37.0. The van der Waals surface area contributed by atoms with Gasteiger partial charge in [-0.25, -0.2) is 32.2 Å². The van der Waals surface area contributed by atoms with Crippen LogP contribution in [-0.4, -0.2) is 77.4 Å². The van der Waals surface area contributed by atoms with Crippen LogP contribution in [0.4, 0.5) is 36.0 Å². The first-order valence-electron chi connectivity index (χ1n) is 21.1. The normalized spacial score (nSPS) is 16.3. The monoisotopic (exact) mass is 892 g/mol. The summed E-state index contributed by atoms with van der Waals surface area (Å²) in [7, 11) is -2.16. The number of halogens is 1. The topological polar surface area (TPSA) is 168 Å². The number of ether oxygens (including phenoxy) is 2. The van der Waals surface area contributed by atoms with Crippen LogP contribution in [0, 0.1) is 5.82 Å². The van der Waals surface area contributed by atoms with E-state index in [1.165, 1.54) is 23.1 Å². The van der Waals surface area contributed by atoms with Gasteiger partial charge in [-0.05, 0) is 119 Å². The average Bonchev–Trinajstić information content (AvgIpc) is 4.08. The second kappa shape index (κ2) is 17.9. The molecule has 1 atom stereocenters. The van der Waals surface area contributed by atoms with Crippen molar-refractivity contribution in [3.63, 3.8) is 0 Å². The van der Waals surface area contributed by atoms with E-state index in [4.69, 9.17) is 9.47 Å². The highest BCUT2D eigenvalue weighted by molar-refractivity contribution is 7.92. The molecule has 2 aliphatic rings. The first-order valence-corrected chi connectivity index (χ1v) is 22.6. The lowest BCUT2D eigenvalue weighted by atomic mass is 10.00. The summed E-state index contributed by atoms with van der Waals surface area (Å²) in [6.07, 6.45) is 0.242. The second-order valence-corrected chi connectivity index (χ2v) is 20.4. The number of urea groups is 1. The number of nitrogens with one attached hydrogen (secondary N) is 2. The molecule has 5 amide bonds. The number of anilines is 3. The predicted molar refractivity (Wildman–Crippen MR) is 242 cm³/mol. The Balaban J connectivity index is 1.29. The van der Waals surface area contributed by atoms with E-state index in [0.717, 1.165) is 17.3 Å². The summed E-state index contributed by atoms with van der Waals surface area (Å²) in [6, 6.07) is 24.7. The zero-order chi connectivity index (χ0) is 46.1. The molecule has 2 heterocycles. The summed E-state index contributed by atoms with van der Waals surface area (Å²) in [6.45, 7) is 10.3. The molecule has 2 N–H and O–H groups in total. The molecular formula is C48H53FN6O8S. The molecule has 4 aromatic carbocycles. The van der Waals surface area contributed by atoms with Gasteiger partial charge in [-0.1, -0.05) is 54.6 Å². The highest BCUT2D eigenvalue weighted by Crippen LogP contribution is 2.37. The van der Waals surface area contributed by atoms with Crippen LogP contribution in [0.15, 0.2) is 102 Å². The van der Waals surface area contributed by atoms with Crippen LogP contribution < -0.4 is 15.5 Å². The molecule has 7 rings (SSSR count). The number of fused-ring (bicyclic) bond motifs is 5. The highest BCUT2D eigenvalue weighted by Gasteiger charge is 2.39. The summed E-state index contributed by atoms with van der Waals surface area (Å²) in [5, 5.41) is 5.80. The number of benzene rings is 4. The number of nitrogens with zero attached hydrogens (tertiary/aromatic N) is 4. The van der Waals surface area contributed by atoms with E-state index in [1.807, 2.05) is 48.5 Å². The average molecular weight is 893 g/mol. The quantitative estimate of drug-likeness (QED) is 0.161. The van der Waals surface area contributed by atoms with Crippen LogP contribution in [0.25, 0.3) is 10.8 Å². The number of aromatic nitrogens is 1. The summed E-state index contributed by atoms with van der Waals surface area (Å²) < 4.78 is 54.5. The maximum absolute atomic E-state index is 15.8. The Kier molecular flexibility index (Phi) is 12.7. The third kappa shape index (κ3) is 10.6. The molecule has 4 bridgehead atoms. The van der Waals surface area contributed by atoms with Gasteiger partial charge in [0, 0.05) is 48.8 Å². The van der Waals surface area contributed by atoms with Crippen molar-refractivity contribution in [2.75, 3.05) is 29.1 Å². The van der Waals surface area contributed by atoms with Gasteiger partial charge in [0.15, 0.2) is 15.7 Å². The molecule has 0 spiro atoms. The molecule has 64 heavy (non-hydrogen) atoms. The van der Waals surface area contributed by atoms with Gasteiger partial charge in [0.2, 0.25) is 5.91 Å². The van der Waals surface area contributed by atoms with E-state index in [-0.39, 0.29) is 34.1 Å². The van der Waals surface area contributed by atoms with E-state index < -0.39 is 56.2 Å². The predicted octanol–water partition coefficient (Wildman–Crippen LogP) is 9.39. The van der Waals surface area contributed by atoms with Crippen molar-refractivity contribution in [2.45, 2.75) is 101 Å². The number of imide groups is 1. The molecule has 14 nitrogen and oxygen atoms in total. The Morgan fingerprint density at radius 1 is 0.875 bits per heavy atom. The number of carbonyl (C=O) groups excluding carboxylic acids is 4. The Morgan fingerprint density at radius 2 is 1.56 bits per heavy atom. The Morgan fingerprint density at radius 3 is 2.22 bits per heavy atom. The summed E-state index contributed by atoms with van der Waals surface area (Å²) in [4.78, 5) is 63.8. The van der Waals surface area contributed by atoms with Crippen molar-refractivity contribution in [1.82, 2.24) is 14.8 Å². The van der Waals surface area contributed by atoms with Crippen LogP contribution in [0.3, 0.4) is 0 Å². The lowest BCUT2D eigenvalue weighted by Gasteiger charge is -2.29. The van der Waals surface area contributed by atoms with Crippen molar-refractivity contribution in [2.24, 2.45) is 0 Å². The van der Waals surface area contributed by atoms with Crippen molar-refractivity contribution in [3.05, 3.63) is 125 Å². The van der Waals surface area contributed by atoms with E-state index in [0.29, 0.717) is 59.8 Å². The number of hydrogen-bond acceptors (Lipinski definition) is 10. The number of carbonyl (C=O) groups is 4. The molecule has 0 saturated heterocycles. The summed E-state index contributed by atoms with van der Waals surface area (Å²) in [5.41, 5.74) is 1.33. The molecule has 1 aliphatic carbocycles. The SMILES string of the molecule is CN1Cc2cc(ccc2S(=O)(=O)C2CC2)NC(=O)N(Cc2ccccc2)CCc2cccc(c2)C(Nc2ccc3c(N(C(=O)OC(C)(C)C)C(=O)OC(C)(C)C)ncc(F)c3c2)C1=O. The second-order valence-electron chi connectivity index (χ2n) is 18.2. The highest BCUT2D eigenvalue weighted by atomic mass is 32.2. The molecular weight excluding hydrogens is 840 g/mol. The van der Waals surface area contributed by atoms with Crippen LogP contribution in [0.5, 0.6) is 0 Å². The number of amides is 5. The Hall–Kier alpha value is -6.55.